The summed E-state index contributed by atoms with van der Waals surface area (Å²) in [7, 11) is 0. The molecule has 1 unspecified atom stereocenters. The van der Waals surface area contributed by atoms with Gasteiger partial charge in [0.1, 0.15) is 6.04 Å². The minimum atomic E-state index is -0.812. The van der Waals surface area contributed by atoms with E-state index in [2.05, 4.69) is 13.8 Å². The second-order valence-electron chi connectivity index (χ2n) is 4.16. The van der Waals surface area contributed by atoms with Crippen molar-refractivity contribution in [3.05, 3.63) is 0 Å². The standard InChI is InChI=1S/C8H16N2O2/c1-8(2)4-10(5-8)6(3-9)7(11)12/h6H,3-5,9H2,1-2H3,(H,11,12). The average molecular weight is 172 g/mol. The fourth-order valence-electron chi connectivity index (χ4n) is 1.68. The molecule has 1 heterocycles. The predicted octanol–water partition coefficient (Wildman–Crippen LogP) is -0.260. The van der Waals surface area contributed by atoms with Crippen LogP contribution in [0.25, 0.3) is 0 Å². The zero-order valence-electron chi connectivity index (χ0n) is 7.58. The van der Waals surface area contributed by atoms with Gasteiger partial charge in [-0.1, -0.05) is 13.8 Å². The Morgan fingerprint density at radius 1 is 1.67 bits per heavy atom. The van der Waals surface area contributed by atoms with E-state index in [0.717, 1.165) is 13.1 Å². The van der Waals surface area contributed by atoms with Crippen molar-refractivity contribution in [3.8, 4) is 0 Å². The summed E-state index contributed by atoms with van der Waals surface area (Å²) in [4.78, 5) is 12.6. The third-order valence-electron chi connectivity index (χ3n) is 2.21. The summed E-state index contributed by atoms with van der Waals surface area (Å²) < 4.78 is 0. The molecule has 0 aromatic rings. The Labute approximate surface area is 72.3 Å². The Morgan fingerprint density at radius 3 is 2.42 bits per heavy atom. The molecule has 0 radical (unpaired) electrons. The van der Waals surface area contributed by atoms with Crippen LogP contribution in [0.5, 0.6) is 0 Å². The van der Waals surface area contributed by atoms with Crippen molar-refractivity contribution in [2.24, 2.45) is 11.1 Å². The number of carboxylic acids is 1. The highest BCUT2D eigenvalue weighted by Crippen LogP contribution is 2.30. The van der Waals surface area contributed by atoms with E-state index in [1.165, 1.54) is 0 Å². The van der Waals surface area contributed by atoms with Crippen LogP contribution in [0.4, 0.5) is 0 Å². The predicted molar refractivity (Wildman–Crippen MR) is 45.8 cm³/mol. The summed E-state index contributed by atoms with van der Waals surface area (Å²) in [5, 5.41) is 8.76. The topological polar surface area (TPSA) is 66.6 Å². The molecule has 4 nitrogen and oxygen atoms in total. The number of hydrogen-bond acceptors (Lipinski definition) is 3. The van der Waals surface area contributed by atoms with Gasteiger partial charge in [-0.3, -0.25) is 9.69 Å². The van der Waals surface area contributed by atoms with Crippen molar-refractivity contribution in [2.45, 2.75) is 19.9 Å². The quantitative estimate of drug-likeness (QED) is 0.615. The van der Waals surface area contributed by atoms with E-state index in [4.69, 9.17) is 10.8 Å². The molecule has 0 aliphatic carbocycles. The first kappa shape index (κ1) is 9.48. The summed E-state index contributed by atoms with van der Waals surface area (Å²) in [6, 6.07) is -0.488. The lowest BCUT2D eigenvalue weighted by molar-refractivity contribution is -0.147. The fourth-order valence-corrected chi connectivity index (χ4v) is 1.68. The van der Waals surface area contributed by atoms with Gasteiger partial charge in [0.05, 0.1) is 0 Å². The van der Waals surface area contributed by atoms with Gasteiger partial charge < -0.3 is 10.8 Å². The second kappa shape index (κ2) is 3.03. The van der Waals surface area contributed by atoms with Crippen molar-refractivity contribution in [1.29, 1.82) is 0 Å². The number of likely N-dealkylation sites (tertiary alicyclic amines) is 1. The highest BCUT2D eigenvalue weighted by Gasteiger charge is 2.40. The van der Waals surface area contributed by atoms with Crippen LogP contribution in [0.15, 0.2) is 0 Å². The average Bonchev–Trinajstić information content (AvgIpc) is 1.84. The number of aliphatic carboxylic acids is 1. The molecular weight excluding hydrogens is 156 g/mol. The molecule has 0 aromatic carbocycles. The molecule has 0 bridgehead atoms. The van der Waals surface area contributed by atoms with Crippen LogP contribution < -0.4 is 5.73 Å². The van der Waals surface area contributed by atoms with Gasteiger partial charge in [-0.05, 0) is 5.41 Å². The Kier molecular flexibility index (Phi) is 2.39. The lowest BCUT2D eigenvalue weighted by Crippen LogP contribution is -2.61. The molecule has 12 heavy (non-hydrogen) atoms. The minimum Gasteiger partial charge on any atom is -0.480 e. The summed E-state index contributed by atoms with van der Waals surface area (Å²) in [6.45, 7) is 6.12. The second-order valence-corrected chi connectivity index (χ2v) is 4.16. The molecule has 1 aliphatic heterocycles. The first-order valence-corrected chi connectivity index (χ1v) is 4.13. The smallest absolute Gasteiger partial charge is 0.322 e. The normalized spacial score (nSPS) is 24.6. The van der Waals surface area contributed by atoms with Gasteiger partial charge in [-0.15, -0.1) is 0 Å². The molecule has 1 rings (SSSR count). The molecule has 1 fully saturated rings. The summed E-state index contributed by atoms with van der Waals surface area (Å²) in [5.74, 6) is -0.812. The lowest BCUT2D eigenvalue weighted by Gasteiger charge is -2.48. The zero-order valence-corrected chi connectivity index (χ0v) is 7.58. The van der Waals surface area contributed by atoms with E-state index in [1.807, 2.05) is 4.90 Å². The van der Waals surface area contributed by atoms with Crippen molar-refractivity contribution < 1.29 is 9.90 Å². The van der Waals surface area contributed by atoms with E-state index in [9.17, 15) is 4.79 Å². The zero-order chi connectivity index (χ0) is 9.35. The molecule has 1 aliphatic rings. The van der Waals surface area contributed by atoms with Gasteiger partial charge in [-0.2, -0.15) is 0 Å². The fraction of sp³-hybridized carbons (Fsp3) is 0.875. The first-order chi connectivity index (χ1) is 5.46. The van der Waals surface area contributed by atoms with Crippen LogP contribution >= 0.6 is 0 Å². The molecule has 70 valence electrons. The Balaban J connectivity index is 2.45. The van der Waals surface area contributed by atoms with Crippen molar-refractivity contribution in [2.75, 3.05) is 19.6 Å². The van der Waals surface area contributed by atoms with Gasteiger partial charge >= 0.3 is 5.97 Å². The van der Waals surface area contributed by atoms with Crippen LogP contribution in [0, 0.1) is 5.41 Å². The number of nitrogens with zero attached hydrogens (tertiary/aromatic N) is 1. The van der Waals surface area contributed by atoms with Crippen LogP contribution in [0.3, 0.4) is 0 Å². The lowest BCUT2D eigenvalue weighted by atomic mass is 9.83. The van der Waals surface area contributed by atoms with E-state index in [0.29, 0.717) is 0 Å². The monoisotopic (exact) mass is 172 g/mol. The van der Waals surface area contributed by atoms with E-state index in [1.54, 1.807) is 0 Å². The van der Waals surface area contributed by atoms with E-state index in [-0.39, 0.29) is 12.0 Å². The summed E-state index contributed by atoms with van der Waals surface area (Å²) in [6.07, 6.45) is 0. The van der Waals surface area contributed by atoms with E-state index >= 15 is 0 Å². The van der Waals surface area contributed by atoms with Crippen molar-refractivity contribution in [1.82, 2.24) is 4.90 Å². The number of nitrogens with two attached hydrogens (primary N) is 1. The molecular formula is C8H16N2O2. The number of carbonyl (C=O) groups is 1. The first-order valence-electron chi connectivity index (χ1n) is 4.13. The molecule has 1 atom stereocenters. The molecule has 0 amide bonds. The van der Waals surface area contributed by atoms with Crippen LogP contribution in [-0.4, -0.2) is 41.7 Å². The molecule has 0 spiro atoms. The third-order valence-corrected chi connectivity index (χ3v) is 2.21. The molecule has 0 saturated carbocycles. The number of rotatable bonds is 3. The number of carboxylic acid groups (broad SMARTS) is 1. The SMILES string of the molecule is CC1(C)CN(C(CN)C(=O)O)C1. The van der Waals surface area contributed by atoms with Crippen LogP contribution in [0.1, 0.15) is 13.8 Å². The molecule has 1 saturated heterocycles. The highest BCUT2D eigenvalue weighted by atomic mass is 16.4. The maximum absolute atomic E-state index is 10.7. The van der Waals surface area contributed by atoms with Gasteiger partial charge in [0, 0.05) is 19.6 Å². The van der Waals surface area contributed by atoms with Crippen molar-refractivity contribution >= 4 is 5.97 Å². The van der Waals surface area contributed by atoms with Gasteiger partial charge in [-0.25, -0.2) is 0 Å². The third kappa shape index (κ3) is 1.76. The van der Waals surface area contributed by atoms with Crippen molar-refractivity contribution in [3.63, 3.8) is 0 Å². The van der Waals surface area contributed by atoms with Gasteiger partial charge in [0.2, 0.25) is 0 Å². The molecule has 3 N–H and O–H groups in total. The Morgan fingerprint density at radius 2 is 2.17 bits per heavy atom. The van der Waals surface area contributed by atoms with Crippen LogP contribution in [0.2, 0.25) is 0 Å². The van der Waals surface area contributed by atoms with Crippen LogP contribution in [-0.2, 0) is 4.79 Å². The number of hydrogen-bond donors (Lipinski definition) is 2. The molecule has 0 aromatic heterocycles. The maximum Gasteiger partial charge on any atom is 0.322 e. The maximum atomic E-state index is 10.7. The molecule has 4 heteroatoms. The largest absolute Gasteiger partial charge is 0.480 e. The summed E-state index contributed by atoms with van der Waals surface area (Å²) in [5.41, 5.74) is 5.62. The Bertz CT molecular complexity index is 183. The van der Waals surface area contributed by atoms with Gasteiger partial charge in [0.15, 0.2) is 0 Å². The minimum absolute atomic E-state index is 0.200. The highest BCUT2D eigenvalue weighted by molar-refractivity contribution is 5.73. The van der Waals surface area contributed by atoms with E-state index < -0.39 is 12.0 Å². The Hall–Kier alpha value is -0.610. The van der Waals surface area contributed by atoms with Gasteiger partial charge in [0.25, 0.3) is 0 Å². The summed E-state index contributed by atoms with van der Waals surface area (Å²) >= 11 is 0.